The first-order valence-electron chi connectivity index (χ1n) is 8.56. The summed E-state index contributed by atoms with van der Waals surface area (Å²) in [5.41, 5.74) is 3.96. The number of carbonyl (C=O) groups excluding carboxylic acids is 1. The largest absolute Gasteiger partial charge is 0.459 e. The van der Waals surface area contributed by atoms with Gasteiger partial charge in [-0.1, -0.05) is 17.7 Å². The fourth-order valence-electron chi connectivity index (χ4n) is 2.60. The Hall–Kier alpha value is -2.67. The van der Waals surface area contributed by atoms with Crippen molar-refractivity contribution in [3.05, 3.63) is 76.0 Å². The van der Waals surface area contributed by atoms with Crippen LogP contribution in [0, 0.1) is 13.8 Å². The van der Waals surface area contributed by atoms with E-state index < -0.39 is 0 Å². The van der Waals surface area contributed by atoms with Gasteiger partial charge in [-0.2, -0.15) is 0 Å². The molecule has 0 spiro atoms. The summed E-state index contributed by atoms with van der Waals surface area (Å²) < 4.78 is 5.54. The molecule has 0 aliphatic carbocycles. The molecular weight excluding hydrogens is 396 g/mol. The van der Waals surface area contributed by atoms with Gasteiger partial charge in [0.1, 0.15) is 18.1 Å². The van der Waals surface area contributed by atoms with Crippen LogP contribution in [0.3, 0.4) is 0 Å². The van der Waals surface area contributed by atoms with Crippen LogP contribution in [0.5, 0.6) is 0 Å². The molecule has 0 fully saturated rings. The number of anilines is 1. The number of furan rings is 1. The van der Waals surface area contributed by atoms with Crippen LogP contribution in [0.15, 0.2) is 52.9 Å². The third kappa shape index (κ3) is 4.59. The van der Waals surface area contributed by atoms with Crippen molar-refractivity contribution >= 4 is 40.5 Å². The van der Waals surface area contributed by atoms with Crippen LogP contribution in [0.4, 0.5) is 5.69 Å². The van der Waals surface area contributed by atoms with Crippen molar-refractivity contribution in [2.24, 2.45) is 0 Å². The van der Waals surface area contributed by atoms with Crippen LogP contribution < -0.4 is 10.6 Å². The average molecular weight is 415 g/mol. The Morgan fingerprint density at radius 2 is 1.89 bits per heavy atom. The Labute approximate surface area is 173 Å². The van der Waals surface area contributed by atoms with E-state index in [0.29, 0.717) is 27.8 Å². The smallest absolute Gasteiger partial charge is 0.257 e. The molecule has 3 aromatic rings. The molecule has 2 aromatic carbocycles. The number of aryl methyl sites for hydroxylation is 2. The molecule has 0 unspecified atom stereocenters. The molecule has 5 nitrogen and oxygen atoms in total. The van der Waals surface area contributed by atoms with E-state index in [-0.39, 0.29) is 17.6 Å². The normalized spacial score (nSPS) is 10.6. The highest BCUT2D eigenvalue weighted by Crippen LogP contribution is 2.30. The van der Waals surface area contributed by atoms with Crippen molar-refractivity contribution in [1.29, 1.82) is 0 Å². The van der Waals surface area contributed by atoms with Crippen LogP contribution in [0.2, 0.25) is 5.02 Å². The molecule has 144 valence electrons. The standard InChI is InChI=1S/C21H19ClN2O3S/c1-12-3-4-15(9-13(12)2)20(26)24-21(28)23-18-10-14(5-7-17(18)22)19-8-6-16(11-25)27-19/h3-10,25H,11H2,1-2H3,(H2,23,24,26,28). The van der Waals surface area contributed by atoms with Crippen LogP contribution in [0.1, 0.15) is 27.2 Å². The lowest BCUT2D eigenvalue weighted by Gasteiger charge is -2.12. The highest BCUT2D eigenvalue weighted by atomic mass is 35.5. The summed E-state index contributed by atoms with van der Waals surface area (Å²) in [7, 11) is 0. The number of aliphatic hydroxyl groups is 1. The fraction of sp³-hybridized carbons (Fsp3) is 0.143. The minimum Gasteiger partial charge on any atom is -0.459 e. The second-order valence-electron chi connectivity index (χ2n) is 6.33. The SMILES string of the molecule is Cc1ccc(C(=O)NC(=S)Nc2cc(-c3ccc(CO)o3)ccc2Cl)cc1C. The van der Waals surface area contributed by atoms with E-state index in [1.54, 1.807) is 36.4 Å². The van der Waals surface area contributed by atoms with Crippen molar-refractivity contribution in [3.63, 3.8) is 0 Å². The summed E-state index contributed by atoms with van der Waals surface area (Å²) >= 11 is 11.5. The van der Waals surface area contributed by atoms with Gasteiger partial charge in [0.25, 0.3) is 5.91 Å². The molecule has 1 heterocycles. The van der Waals surface area contributed by atoms with Gasteiger partial charge in [0, 0.05) is 11.1 Å². The summed E-state index contributed by atoms with van der Waals surface area (Å²) in [5, 5.41) is 15.3. The topological polar surface area (TPSA) is 74.5 Å². The van der Waals surface area contributed by atoms with Gasteiger partial charge in [0.15, 0.2) is 5.11 Å². The third-order valence-corrected chi connectivity index (χ3v) is 4.85. The molecule has 3 rings (SSSR count). The quantitative estimate of drug-likeness (QED) is 0.533. The molecule has 0 bridgehead atoms. The zero-order chi connectivity index (χ0) is 20.3. The maximum Gasteiger partial charge on any atom is 0.257 e. The van der Waals surface area contributed by atoms with Gasteiger partial charge in [-0.15, -0.1) is 0 Å². The predicted octanol–water partition coefficient (Wildman–Crippen LogP) is 4.84. The number of benzene rings is 2. The first kappa shape index (κ1) is 20.1. The van der Waals surface area contributed by atoms with Crippen molar-refractivity contribution < 1.29 is 14.3 Å². The molecule has 1 aromatic heterocycles. The van der Waals surface area contributed by atoms with E-state index in [1.807, 2.05) is 26.0 Å². The number of hydrogen-bond acceptors (Lipinski definition) is 4. The summed E-state index contributed by atoms with van der Waals surface area (Å²) in [6, 6.07) is 14.2. The van der Waals surface area contributed by atoms with E-state index in [4.69, 9.17) is 33.3 Å². The van der Waals surface area contributed by atoms with Gasteiger partial charge in [0.05, 0.1) is 10.7 Å². The van der Waals surface area contributed by atoms with E-state index in [2.05, 4.69) is 10.6 Å². The van der Waals surface area contributed by atoms with Gasteiger partial charge in [0.2, 0.25) is 0 Å². The number of hydrogen-bond donors (Lipinski definition) is 3. The van der Waals surface area contributed by atoms with Crippen LogP contribution >= 0.6 is 23.8 Å². The van der Waals surface area contributed by atoms with E-state index in [1.165, 1.54) is 0 Å². The number of rotatable bonds is 4. The lowest BCUT2D eigenvalue weighted by molar-refractivity contribution is 0.0977. The fourth-order valence-corrected chi connectivity index (χ4v) is 2.97. The van der Waals surface area contributed by atoms with Crippen LogP contribution in [-0.4, -0.2) is 16.1 Å². The molecule has 0 radical (unpaired) electrons. The van der Waals surface area contributed by atoms with Crippen molar-refractivity contribution in [1.82, 2.24) is 5.32 Å². The minimum atomic E-state index is -0.300. The summed E-state index contributed by atoms with van der Waals surface area (Å²) in [4.78, 5) is 12.4. The average Bonchev–Trinajstić information content (AvgIpc) is 3.15. The number of amides is 1. The first-order chi connectivity index (χ1) is 13.4. The predicted molar refractivity (Wildman–Crippen MR) is 115 cm³/mol. The Morgan fingerprint density at radius 3 is 2.57 bits per heavy atom. The van der Waals surface area contributed by atoms with E-state index in [9.17, 15) is 4.79 Å². The zero-order valence-electron chi connectivity index (χ0n) is 15.4. The molecule has 7 heteroatoms. The van der Waals surface area contributed by atoms with Crippen LogP contribution in [-0.2, 0) is 6.61 Å². The second kappa shape index (κ2) is 8.56. The van der Waals surface area contributed by atoms with Gasteiger partial charge in [-0.05, 0) is 79.7 Å². The van der Waals surface area contributed by atoms with E-state index in [0.717, 1.165) is 16.7 Å². The lowest BCUT2D eigenvalue weighted by atomic mass is 10.1. The molecule has 0 atom stereocenters. The van der Waals surface area contributed by atoms with Gasteiger partial charge in [-0.25, -0.2) is 0 Å². The monoisotopic (exact) mass is 414 g/mol. The molecule has 0 aliphatic heterocycles. The molecule has 3 N–H and O–H groups in total. The highest BCUT2D eigenvalue weighted by molar-refractivity contribution is 7.80. The summed E-state index contributed by atoms with van der Waals surface area (Å²) in [6.07, 6.45) is 0. The Kier molecular flexibility index (Phi) is 6.14. The van der Waals surface area contributed by atoms with Crippen molar-refractivity contribution in [2.45, 2.75) is 20.5 Å². The number of aliphatic hydroxyl groups excluding tert-OH is 1. The van der Waals surface area contributed by atoms with Crippen molar-refractivity contribution in [3.8, 4) is 11.3 Å². The van der Waals surface area contributed by atoms with Crippen molar-refractivity contribution in [2.75, 3.05) is 5.32 Å². The molecular formula is C21H19ClN2O3S. The lowest BCUT2D eigenvalue weighted by Crippen LogP contribution is -2.34. The van der Waals surface area contributed by atoms with Crippen LogP contribution in [0.25, 0.3) is 11.3 Å². The Bertz CT molecular complexity index is 1050. The number of carbonyl (C=O) groups is 1. The first-order valence-corrected chi connectivity index (χ1v) is 9.35. The van der Waals surface area contributed by atoms with E-state index >= 15 is 0 Å². The Morgan fingerprint density at radius 1 is 1.11 bits per heavy atom. The summed E-state index contributed by atoms with van der Waals surface area (Å²) in [6.45, 7) is 3.76. The van der Waals surface area contributed by atoms with Gasteiger partial charge < -0.3 is 14.8 Å². The highest BCUT2D eigenvalue weighted by Gasteiger charge is 2.12. The zero-order valence-corrected chi connectivity index (χ0v) is 16.9. The molecule has 0 aliphatic rings. The summed E-state index contributed by atoms with van der Waals surface area (Å²) in [5.74, 6) is 0.760. The number of nitrogens with one attached hydrogen (secondary N) is 2. The minimum absolute atomic E-state index is 0.137. The number of halogens is 1. The van der Waals surface area contributed by atoms with Gasteiger partial charge >= 0.3 is 0 Å². The maximum atomic E-state index is 12.4. The third-order valence-electron chi connectivity index (χ3n) is 4.31. The molecule has 1 amide bonds. The molecule has 0 saturated carbocycles. The molecule has 28 heavy (non-hydrogen) atoms. The molecule has 0 saturated heterocycles. The Balaban J connectivity index is 1.73. The van der Waals surface area contributed by atoms with Gasteiger partial charge in [-0.3, -0.25) is 10.1 Å². The number of thiocarbonyl (C=S) groups is 1. The second-order valence-corrected chi connectivity index (χ2v) is 7.14. The maximum absolute atomic E-state index is 12.4.